The molecular weight excluding hydrogens is 322 g/mol. The van der Waals surface area contributed by atoms with Crippen LogP contribution in [0, 0.1) is 24.0 Å². The fourth-order valence-electron chi connectivity index (χ4n) is 2.38. The minimum absolute atomic E-state index is 0.122. The van der Waals surface area contributed by atoms with Gasteiger partial charge < -0.3 is 10.2 Å². The molecule has 0 fully saturated rings. The summed E-state index contributed by atoms with van der Waals surface area (Å²) < 4.78 is 0. The zero-order valence-electron chi connectivity index (χ0n) is 14.3. The van der Waals surface area contributed by atoms with E-state index >= 15 is 0 Å². The van der Waals surface area contributed by atoms with Gasteiger partial charge in [-0.3, -0.25) is 19.7 Å². The van der Waals surface area contributed by atoms with Crippen LogP contribution in [0.1, 0.15) is 21.5 Å². The van der Waals surface area contributed by atoms with E-state index in [2.05, 4.69) is 5.32 Å². The number of amides is 2. The molecule has 2 aromatic rings. The summed E-state index contributed by atoms with van der Waals surface area (Å²) in [6.07, 6.45) is 0. The normalized spacial score (nSPS) is 10.2. The summed E-state index contributed by atoms with van der Waals surface area (Å²) in [5, 5.41) is 13.7. The van der Waals surface area contributed by atoms with Gasteiger partial charge in [0.2, 0.25) is 5.91 Å². The third-order valence-electron chi connectivity index (χ3n) is 3.80. The van der Waals surface area contributed by atoms with Crippen LogP contribution in [0.3, 0.4) is 0 Å². The van der Waals surface area contributed by atoms with E-state index in [1.54, 1.807) is 12.1 Å². The molecule has 0 atom stereocenters. The lowest BCUT2D eigenvalue weighted by atomic mass is 10.1. The number of nitrogens with one attached hydrogen (secondary N) is 1. The first-order chi connectivity index (χ1) is 11.8. The van der Waals surface area contributed by atoms with Gasteiger partial charge in [-0.2, -0.15) is 0 Å². The third kappa shape index (κ3) is 4.41. The van der Waals surface area contributed by atoms with Crippen LogP contribution in [0.4, 0.5) is 11.4 Å². The molecule has 2 aromatic carbocycles. The van der Waals surface area contributed by atoms with Crippen molar-refractivity contribution in [2.45, 2.75) is 13.8 Å². The number of carbonyl (C=O) groups is 2. The van der Waals surface area contributed by atoms with Crippen molar-refractivity contribution in [1.82, 2.24) is 4.90 Å². The van der Waals surface area contributed by atoms with Gasteiger partial charge in [-0.15, -0.1) is 0 Å². The zero-order chi connectivity index (χ0) is 18.6. The number of benzene rings is 2. The largest absolute Gasteiger partial charge is 0.332 e. The molecule has 0 aliphatic carbocycles. The third-order valence-corrected chi connectivity index (χ3v) is 3.80. The van der Waals surface area contributed by atoms with Crippen LogP contribution in [0.15, 0.2) is 42.5 Å². The second kappa shape index (κ2) is 7.57. The summed E-state index contributed by atoms with van der Waals surface area (Å²) in [7, 11) is 1.48. The number of carbonyl (C=O) groups excluding carboxylic acids is 2. The van der Waals surface area contributed by atoms with Crippen molar-refractivity contribution in [3.8, 4) is 0 Å². The van der Waals surface area contributed by atoms with Crippen molar-refractivity contribution in [2.24, 2.45) is 0 Å². The maximum Gasteiger partial charge on any atom is 0.273 e. The number of aryl methyl sites for hydroxylation is 1. The van der Waals surface area contributed by atoms with Gasteiger partial charge in [0.05, 0.1) is 11.5 Å². The lowest BCUT2D eigenvalue weighted by Gasteiger charge is -2.18. The van der Waals surface area contributed by atoms with Gasteiger partial charge in [0.1, 0.15) is 0 Å². The molecule has 0 heterocycles. The van der Waals surface area contributed by atoms with Crippen LogP contribution in [0.25, 0.3) is 0 Å². The zero-order valence-corrected chi connectivity index (χ0v) is 14.3. The molecule has 0 spiro atoms. The molecule has 130 valence electrons. The minimum atomic E-state index is -0.532. The highest BCUT2D eigenvalue weighted by Crippen LogP contribution is 2.22. The maximum absolute atomic E-state index is 12.5. The number of anilines is 1. The Hall–Kier alpha value is -3.22. The second-order valence-electron chi connectivity index (χ2n) is 5.78. The molecule has 7 nitrogen and oxygen atoms in total. The lowest BCUT2D eigenvalue weighted by molar-refractivity contribution is -0.385. The number of hydrogen-bond acceptors (Lipinski definition) is 4. The van der Waals surface area contributed by atoms with Crippen LogP contribution in [0.2, 0.25) is 0 Å². The molecule has 2 amide bonds. The second-order valence-corrected chi connectivity index (χ2v) is 5.78. The molecule has 0 unspecified atom stereocenters. The van der Waals surface area contributed by atoms with E-state index in [0.717, 1.165) is 5.56 Å². The Bertz CT molecular complexity index is 816. The summed E-state index contributed by atoms with van der Waals surface area (Å²) in [6, 6.07) is 11.6. The van der Waals surface area contributed by atoms with Gasteiger partial charge in [-0.25, -0.2) is 0 Å². The van der Waals surface area contributed by atoms with Crippen molar-refractivity contribution in [2.75, 3.05) is 18.9 Å². The minimum Gasteiger partial charge on any atom is -0.332 e. The molecule has 0 saturated carbocycles. The van der Waals surface area contributed by atoms with Gasteiger partial charge in [0, 0.05) is 29.9 Å². The lowest BCUT2D eigenvalue weighted by Crippen LogP contribution is -2.35. The number of hydrogen-bond donors (Lipinski definition) is 1. The highest BCUT2D eigenvalue weighted by atomic mass is 16.6. The first kappa shape index (κ1) is 18.1. The SMILES string of the molecule is Cc1ccc(NC(=O)CN(C)C(=O)c2cccc([N+](=O)[O-])c2C)cc1. The topological polar surface area (TPSA) is 92.6 Å². The molecule has 0 radical (unpaired) electrons. The standard InChI is InChI=1S/C18H19N3O4/c1-12-7-9-14(10-8-12)19-17(22)11-20(3)18(23)15-5-4-6-16(13(15)2)21(24)25/h4-10H,11H2,1-3H3,(H,19,22). The fourth-order valence-corrected chi connectivity index (χ4v) is 2.38. The van der Waals surface area contributed by atoms with E-state index in [0.29, 0.717) is 5.69 Å². The Kier molecular flexibility index (Phi) is 5.49. The summed E-state index contributed by atoms with van der Waals surface area (Å²) in [5.74, 6) is -0.789. The molecule has 7 heteroatoms. The average molecular weight is 341 g/mol. The van der Waals surface area contributed by atoms with Crippen LogP contribution in [0.5, 0.6) is 0 Å². The van der Waals surface area contributed by atoms with Crippen LogP contribution in [-0.4, -0.2) is 35.2 Å². The Morgan fingerprint density at radius 3 is 2.36 bits per heavy atom. The molecular formula is C18H19N3O4. The van der Waals surface area contributed by atoms with Gasteiger partial charge >= 0.3 is 0 Å². The molecule has 0 saturated heterocycles. The van der Waals surface area contributed by atoms with E-state index in [-0.39, 0.29) is 29.3 Å². The van der Waals surface area contributed by atoms with Gasteiger partial charge in [0.25, 0.3) is 11.6 Å². The van der Waals surface area contributed by atoms with E-state index in [1.807, 2.05) is 19.1 Å². The number of nitro groups is 1. The van der Waals surface area contributed by atoms with Crippen molar-refractivity contribution in [1.29, 1.82) is 0 Å². The van der Waals surface area contributed by atoms with Gasteiger partial charge in [-0.05, 0) is 32.0 Å². The summed E-state index contributed by atoms with van der Waals surface area (Å²) in [4.78, 5) is 36.3. The molecule has 0 aliphatic rings. The van der Waals surface area contributed by atoms with Crippen LogP contribution in [-0.2, 0) is 4.79 Å². The van der Waals surface area contributed by atoms with Crippen molar-refractivity contribution < 1.29 is 14.5 Å². The monoisotopic (exact) mass is 341 g/mol. The number of rotatable bonds is 5. The molecule has 1 N–H and O–H groups in total. The first-order valence-electron chi connectivity index (χ1n) is 7.65. The molecule has 0 aromatic heterocycles. The van der Waals surface area contributed by atoms with E-state index in [4.69, 9.17) is 0 Å². The average Bonchev–Trinajstić information content (AvgIpc) is 2.56. The van der Waals surface area contributed by atoms with Crippen molar-refractivity contribution >= 4 is 23.2 Å². The Labute approximate surface area is 145 Å². The van der Waals surface area contributed by atoms with Crippen molar-refractivity contribution in [3.05, 3.63) is 69.3 Å². The summed E-state index contributed by atoms with van der Waals surface area (Å²) in [5.41, 5.74) is 2.08. The van der Waals surface area contributed by atoms with Crippen LogP contribution < -0.4 is 5.32 Å². The van der Waals surface area contributed by atoms with Gasteiger partial charge in [-0.1, -0.05) is 23.8 Å². The quantitative estimate of drug-likeness (QED) is 0.668. The van der Waals surface area contributed by atoms with Gasteiger partial charge in [0.15, 0.2) is 0 Å². The Morgan fingerprint density at radius 1 is 1.12 bits per heavy atom. The predicted molar refractivity (Wildman–Crippen MR) is 94.6 cm³/mol. The summed E-state index contributed by atoms with van der Waals surface area (Å²) >= 11 is 0. The van der Waals surface area contributed by atoms with E-state index in [9.17, 15) is 19.7 Å². The first-order valence-corrected chi connectivity index (χ1v) is 7.65. The molecule has 25 heavy (non-hydrogen) atoms. The maximum atomic E-state index is 12.5. The number of likely N-dealkylation sites (N-methyl/N-ethyl adjacent to an activating group) is 1. The predicted octanol–water partition coefficient (Wildman–Crippen LogP) is 2.92. The highest BCUT2D eigenvalue weighted by molar-refractivity contribution is 6.00. The van der Waals surface area contributed by atoms with E-state index < -0.39 is 10.8 Å². The fraction of sp³-hybridized carbons (Fsp3) is 0.222. The Morgan fingerprint density at radius 2 is 1.76 bits per heavy atom. The van der Waals surface area contributed by atoms with Crippen molar-refractivity contribution in [3.63, 3.8) is 0 Å². The summed E-state index contributed by atoms with van der Waals surface area (Å²) in [6.45, 7) is 3.31. The number of nitrogens with zero attached hydrogens (tertiary/aromatic N) is 2. The molecule has 2 rings (SSSR count). The molecule has 0 aliphatic heterocycles. The molecule has 0 bridgehead atoms. The van der Waals surface area contributed by atoms with Crippen LogP contribution >= 0.6 is 0 Å². The smallest absolute Gasteiger partial charge is 0.273 e. The van der Waals surface area contributed by atoms with E-state index in [1.165, 1.54) is 37.1 Å². The Balaban J connectivity index is 2.07. The number of nitro benzene ring substituents is 1. The highest BCUT2D eigenvalue weighted by Gasteiger charge is 2.21.